The first kappa shape index (κ1) is 20.5. The van der Waals surface area contributed by atoms with Gasteiger partial charge in [0.05, 0.1) is 6.10 Å². The van der Waals surface area contributed by atoms with E-state index in [9.17, 15) is 4.79 Å². The van der Waals surface area contributed by atoms with Crippen LogP contribution in [0, 0.1) is 34.5 Å². The van der Waals surface area contributed by atoms with Crippen molar-refractivity contribution >= 4 is 11.8 Å². The molecular weight excluding hydrogens is 344 g/mol. The smallest absolute Gasteiger partial charge is 0.300 e. The van der Waals surface area contributed by atoms with E-state index in [-0.39, 0.29) is 18.3 Å². The zero-order valence-electron chi connectivity index (χ0n) is 16.8. The minimum atomic E-state index is -0.833. The molecule has 0 aliphatic heterocycles. The number of rotatable bonds is 2. The Balaban J connectivity index is 0.000000481. The van der Waals surface area contributed by atoms with Crippen molar-refractivity contribution in [2.45, 2.75) is 71.8 Å². The van der Waals surface area contributed by atoms with Gasteiger partial charge in [-0.3, -0.25) is 9.59 Å². The summed E-state index contributed by atoms with van der Waals surface area (Å²) in [6.07, 6.45) is 12.5. The van der Waals surface area contributed by atoms with Crippen LogP contribution in [0.25, 0.3) is 0 Å². The molecule has 0 bridgehead atoms. The molecule has 0 amide bonds. The van der Waals surface area contributed by atoms with Crippen LogP contribution >= 0.6 is 0 Å². The zero-order chi connectivity index (χ0) is 19.8. The highest BCUT2D eigenvalue weighted by atomic mass is 16.6. The lowest BCUT2D eigenvalue weighted by atomic mass is 9.45. The zero-order valence-corrected chi connectivity index (χ0v) is 16.8. The van der Waals surface area contributed by atoms with Crippen LogP contribution < -0.4 is 0 Å². The first-order chi connectivity index (χ1) is 12.7. The summed E-state index contributed by atoms with van der Waals surface area (Å²) in [5.41, 5.74) is 0.292. The summed E-state index contributed by atoms with van der Waals surface area (Å²) < 4.78 is 5.51. The Morgan fingerprint density at radius 2 is 1.93 bits per heavy atom. The van der Waals surface area contributed by atoms with Gasteiger partial charge in [-0.05, 0) is 80.1 Å². The summed E-state index contributed by atoms with van der Waals surface area (Å²) >= 11 is 0. The van der Waals surface area contributed by atoms with Gasteiger partial charge in [-0.15, -0.1) is 0 Å². The third kappa shape index (κ3) is 3.61. The van der Waals surface area contributed by atoms with Crippen molar-refractivity contribution in [2.75, 3.05) is 6.79 Å². The summed E-state index contributed by atoms with van der Waals surface area (Å²) in [6.45, 7) is 5.65. The highest BCUT2D eigenvalue weighted by molar-refractivity contribution is 5.97. The molecule has 27 heavy (non-hydrogen) atoms. The first-order valence-electron chi connectivity index (χ1n) is 10.4. The average Bonchev–Trinajstić information content (AvgIpc) is 2.90. The van der Waals surface area contributed by atoms with E-state index >= 15 is 0 Å². The largest absolute Gasteiger partial charge is 0.481 e. The molecule has 4 aliphatic rings. The standard InChI is InChI=1S/C20H30O3.C2H4O2/c1-19-9-7-14(23-12-21)11-13(19)3-4-15-16-5-6-18(22)20(16,2)10-8-17(15)19;1-2(3)4/h5-6,13-17,21H,3-4,7-12H2,1-2H3;1H3,(H,3,4)/t13?,14-,15-,16-,17-,19-,20-;/m0./s1. The van der Waals surface area contributed by atoms with Crippen LogP contribution in [0.2, 0.25) is 0 Å². The highest BCUT2D eigenvalue weighted by Crippen LogP contribution is 2.64. The number of aliphatic hydroxyl groups is 1. The van der Waals surface area contributed by atoms with E-state index in [0.29, 0.717) is 23.0 Å². The Kier molecular flexibility index (Phi) is 5.83. The third-order valence-corrected chi connectivity index (χ3v) is 8.20. The van der Waals surface area contributed by atoms with Crippen LogP contribution in [-0.4, -0.2) is 34.9 Å². The van der Waals surface area contributed by atoms with Crippen molar-refractivity contribution in [3.05, 3.63) is 12.2 Å². The molecule has 3 saturated carbocycles. The fourth-order valence-electron chi connectivity index (χ4n) is 6.75. The van der Waals surface area contributed by atoms with Crippen LogP contribution in [0.5, 0.6) is 0 Å². The number of carbonyl (C=O) groups is 2. The van der Waals surface area contributed by atoms with Gasteiger partial charge in [-0.1, -0.05) is 19.9 Å². The number of fused-ring (bicyclic) bond motifs is 5. The molecule has 4 rings (SSSR count). The van der Waals surface area contributed by atoms with Crippen molar-refractivity contribution in [1.29, 1.82) is 0 Å². The van der Waals surface area contributed by atoms with Gasteiger partial charge in [-0.2, -0.15) is 0 Å². The Bertz CT molecular complexity index is 610. The monoisotopic (exact) mass is 378 g/mol. The SMILES string of the molecule is CC(=O)O.C[C@]12CC[C@H](OCO)CC1CC[C@@H]1[C@@H]2CC[C@]2(C)C(=O)C=C[C@@H]12. The van der Waals surface area contributed by atoms with E-state index in [0.717, 1.165) is 38.0 Å². The lowest BCUT2D eigenvalue weighted by Crippen LogP contribution is -2.54. The number of allylic oxidation sites excluding steroid dienone is 2. The Morgan fingerprint density at radius 3 is 2.59 bits per heavy atom. The van der Waals surface area contributed by atoms with Gasteiger partial charge in [0, 0.05) is 12.3 Å². The molecule has 7 atom stereocenters. The predicted octanol–water partition coefficient (Wildman–Crippen LogP) is 3.80. The molecule has 0 aromatic rings. The number of ketones is 1. The maximum absolute atomic E-state index is 12.4. The molecule has 3 fully saturated rings. The van der Waals surface area contributed by atoms with E-state index in [4.69, 9.17) is 19.7 Å². The number of carbonyl (C=O) groups excluding carboxylic acids is 1. The summed E-state index contributed by atoms with van der Waals surface area (Å²) in [4.78, 5) is 21.4. The van der Waals surface area contributed by atoms with Gasteiger partial charge in [0.25, 0.3) is 5.97 Å². The highest BCUT2D eigenvalue weighted by Gasteiger charge is 2.59. The topological polar surface area (TPSA) is 83.8 Å². The molecule has 0 aromatic carbocycles. The van der Waals surface area contributed by atoms with Gasteiger partial charge in [-0.25, -0.2) is 0 Å². The van der Waals surface area contributed by atoms with Crippen molar-refractivity contribution in [3.63, 3.8) is 0 Å². The first-order valence-corrected chi connectivity index (χ1v) is 10.4. The maximum atomic E-state index is 12.4. The molecule has 5 heteroatoms. The minimum Gasteiger partial charge on any atom is -0.481 e. The van der Waals surface area contributed by atoms with Crippen molar-refractivity contribution < 1.29 is 24.5 Å². The second-order valence-corrected chi connectivity index (χ2v) is 9.47. The van der Waals surface area contributed by atoms with Crippen molar-refractivity contribution in [3.8, 4) is 0 Å². The number of aliphatic carboxylic acids is 1. The van der Waals surface area contributed by atoms with E-state index in [1.165, 1.54) is 25.7 Å². The van der Waals surface area contributed by atoms with E-state index in [1.54, 1.807) is 0 Å². The number of carboxylic acids is 1. The quantitative estimate of drug-likeness (QED) is 0.714. The van der Waals surface area contributed by atoms with Crippen LogP contribution in [0.1, 0.15) is 65.7 Å². The molecular formula is C22H34O5. The number of hydrogen-bond acceptors (Lipinski definition) is 4. The third-order valence-electron chi connectivity index (χ3n) is 8.20. The molecule has 2 N–H and O–H groups in total. The second-order valence-electron chi connectivity index (χ2n) is 9.47. The lowest BCUT2D eigenvalue weighted by molar-refractivity contribution is -0.149. The number of carboxylic acid groups (broad SMARTS) is 1. The Hall–Kier alpha value is -1.20. The molecule has 1 unspecified atom stereocenters. The normalized spacial score (nSPS) is 45.2. The predicted molar refractivity (Wildman–Crippen MR) is 102 cm³/mol. The summed E-state index contributed by atoms with van der Waals surface area (Å²) in [5, 5.41) is 16.5. The van der Waals surface area contributed by atoms with E-state index < -0.39 is 5.97 Å². The lowest BCUT2D eigenvalue weighted by Gasteiger charge is -2.60. The van der Waals surface area contributed by atoms with Crippen molar-refractivity contribution in [2.24, 2.45) is 34.5 Å². The van der Waals surface area contributed by atoms with E-state index in [2.05, 4.69) is 19.9 Å². The fraction of sp³-hybridized carbons (Fsp3) is 0.818. The van der Waals surface area contributed by atoms with Gasteiger partial charge in [0.15, 0.2) is 5.78 Å². The van der Waals surface area contributed by atoms with Crippen LogP contribution in [0.15, 0.2) is 12.2 Å². The molecule has 0 radical (unpaired) electrons. The summed E-state index contributed by atoms with van der Waals surface area (Å²) in [6, 6.07) is 0. The molecule has 0 aromatic heterocycles. The molecule has 152 valence electrons. The Morgan fingerprint density at radius 1 is 1.22 bits per heavy atom. The van der Waals surface area contributed by atoms with E-state index in [1.807, 2.05) is 6.08 Å². The van der Waals surface area contributed by atoms with Gasteiger partial charge in [0.1, 0.15) is 6.79 Å². The van der Waals surface area contributed by atoms with Crippen LogP contribution in [-0.2, 0) is 14.3 Å². The summed E-state index contributed by atoms with van der Waals surface area (Å²) in [7, 11) is 0. The van der Waals surface area contributed by atoms with Crippen LogP contribution in [0.4, 0.5) is 0 Å². The van der Waals surface area contributed by atoms with Crippen molar-refractivity contribution in [1.82, 2.24) is 0 Å². The number of hydrogen-bond donors (Lipinski definition) is 2. The number of ether oxygens (including phenoxy) is 1. The molecule has 0 spiro atoms. The second kappa shape index (κ2) is 7.67. The number of aliphatic hydroxyl groups excluding tert-OH is 1. The minimum absolute atomic E-state index is 0.110. The van der Waals surface area contributed by atoms with Gasteiger partial charge < -0.3 is 14.9 Å². The molecule has 4 aliphatic carbocycles. The fourth-order valence-corrected chi connectivity index (χ4v) is 6.75. The molecule has 0 heterocycles. The molecule has 5 nitrogen and oxygen atoms in total. The van der Waals surface area contributed by atoms with Crippen LogP contribution in [0.3, 0.4) is 0 Å². The Labute approximate surface area is 162 Å². The average molecular weight is 379 g/mol. The molecule has 0 saturated heterocycles. The summed E-state index contributed by atoms with van der Waals surface area (Å²) in [5.74, 6) is 2.17. The van der Waals surface area contributed by atoms with Gasteiger partial charge in [0.2, 0.25) is 0 Å². The maximum Gasteiger partial charge on any atom is 0.300 e. The van der Waals surface area contributed by atoms with Gasteiger partial charge >= 0.3 is 0 Å².